The molecule has 0 aliphatic carbocycles. The summed E-state index contributed by atoms with van der Waals surface area (Å²) in [7, 11) is 0. The van der Waals surface area contributed by atoms with E-state index in [1.165, 1.54) is 13.0 Å². The molecule has 0 atom stereocenters. The second-order valence-electron chi connectivity index (χ2n) is 4.17. The van der Waals surface area contributed by atoms with Crippen molar-refractivity contribution in [3.63, 3.8) is 0 Å². The number of ether oxygens (including phenoxy) is 1. The fourth-order valence-corrected chi connectivity index (χ4v) is 2.04. The zero-order valence-corrected chi connectivity index (χ0v) is 12.4. The zero-order valence-electron chi connectivity index (χ0n) is 10.8. The van der Waals surface area contributed by atoms with Crippen molar-refractivity contribution in [2.75, 3.05) is 0 Å². The van der Waals surface area contributed by atoms with Crippen LogP contribution in [0.1, 0.15) is 17.3 Å². The zero-order chi connectivity index (χ0) is 15.6. The summed E-state index contributed by atoms with van der Waals surface area (Å²) in [5.74, 6) is -0.902. The number of nitro groups is 1. The standard InChI is InChI=1S/C14H9BrFNO4/c1-8(18)11-4-2-9(15)6-14(11)21-10-3-5-13(17(19)20)12(16)7-10/h2-7H,1H3. The summed E-state index contributed by atoms with van der Waals surface area (Å²) in [5.41, 5.74) is -0.305. The molecule has 5 nitrogen and oxygen atoms in total. The van der Waals surface area contributed by atoms with Gasteiger partial charge >= 0.3 is 5.69 Å². The third kappa shape index (κ3) is 3.43. The van der Waals surface area contributed by atoms with Crippen LogP contribution in [0.3, 0.4) is 0 Å². The highest BCUT2D eigenvalue weighted by Crippen LogP contribution is 2.31. The van der Waals surface area contributed by atoms with Crippen LogP contribution in [-0.2, 0) is 0 Å². The van der Waals surface area contributed by atoms with E-state index in [9.17, 15) is 19.3 Å². The number of Topliss-reactive ketones (excluding diaryl/α,β-unsaturated/α-hetero) is 1. The lowest BCUT2D eigenvalue weighted by Crippen LogP contribution is -1.98. The highest BCUT2D eigenvalue weighted by molar-refractivity contribution is 9.10. The van der Waals surface area contributed by atoms with Crippen molar-refractivity contribution in [3.05, 3.63) is 62.4 Å². The highest BCUT2D eigenvalue weighted by Gasteiger charge is 2.16. The van der Waals surface area contributed by atoms with E-state index in [0.717, 1.165) is 12.1 Å². The van der Waals surface area contributed by atoms with E-state index in [2.05, 4.69) is 15.9 Å². The average Bonchev–Trinajstić information content (AvgIpc) is 2.37. The van der Waals surface area contributed by atoms with E-state index in [-0.39, 0.29) is 17.3 Å². The lowest BCUT2D eigenvalue weighted by atomic mass is 10.1. The average molecular weight is 354 g/mol. The van der Waals surface area contributed by atoms with Crippen molar-refractivity contribution < 1.29 is 18.8 Å². The molecule has 0 aliphatic heterocycles. The predicted molar refractivity (Wildman–Crippen MR) is 77.3 cm³/mol. The lowest BCUT2D eigenvalue weighted by Gasteiger charge is -2.10. The molecular weight excluding hydrogens is 345 g/mol. The lowest BCUT2D eigenvalue weighted by molar-refractivity contribution is -0.387. The minimum Gasteiger partial charge on any atom is -0.456 e. The number of halogens is 2. The summed E-state index contributed by atoms with van der Waals surface area (Å²) in [6.45, 7) is 1.38. The van der Waals surface area contributed by atoms with Crippen LogP contribution in [0.4, 0.5) is 10.1 Å². The molecule has 0 heterocycles. The molecule has 0 saturated carbocycles. The monoisotopic (exact) mass is 353 g/mol. The van der Waals surface area contributed by atoms with Crippen LogP contribution >= 0.6 is 15.9 Å². The molecule has 0 aromatic heterocycles. The fourth-order valence-electron chi connectivity index (χ4n) is 1.70. The number of carbonyl (C=O) groups excluding carboxylic acids is 1. The number of nitro benzene ring substituents is 1. The van der Waals surface area contributed by atoms with E-state index < -0.39 is 16.4 Å². The Morgan fingerprint density at radius 1 is 1.29 bits per heavy atom. The minimum atomic E-state index is -1.00. The normalized spacial score (nSPS) is 10.2. The molecule has 2 aromatic carbocycles. The van der Waals surface area contributed by atoms with Gasteiger partial charge in [0, 0.05) is 16.6 Å². The molecular formula is C14H9BrFNO4. The Morgan fingerprint density at radius 3 is 2.57 bits per heavy atom. The summed E-state index contributed by atoms with van der Waals surface area (Å²) in [5, 5.41) is 10.6. The first-order chi connectivity index (χ1) is 9.88. The Morgan fingerprint density at radius 2 is 2.00 bits per heavy atom. The van der Waals surface area contributed by atoms with Crippen LogP contribution in [-0.4, -0.2) is 10.7 Å². The third-order valence-electron chi connectivity index (χ3n) is 2.67. The van der Waals surface area contributed by atoms with Gasteiger partial charge in [-0.2, -0.15) is 4.39 Å². The number of rotatable bonds is 4. The van der Waals surface area contributed by atoms with E-state index in [1.807, 2.05) is 0 Å². The van der Waals surface area contributed by atoms with Crippen LogP contribution in [0.25, 0.3) is 0 Å². The summed E-state index contributed by atoms with van der Waals surface area (Å²) in [6.07, 6.45) is 0. The van der Waals surface area contributed by atoms with Crippen molar-refractivity contribution in [2.24, 2.45) is 0 Å². The van der Waals surface area contributed by atoms with Gasteiger partial charge in [0.25, 0.3) is 0 Å². The Bertz CT molecular complexity index is 733. The van der Waals surface area contributed by atoms with Gasteiger partial charge in [0.1, 0.15) is 11.5 Å². The van der Waals surface area contributed by atoms with Crippen LogP contribution < -0.4 is 4.74 Å². The fraction of sp³-hybridized carbons (Fsp3) is 0.0714. The van der Waals surface area contributed by atoms with E-state index in [0.29, 0.717) is 10.0 Å². The van der Waals surface area contributed by atoms with E-state index in [4.69, 9.17) is 4.74 Å². The molecule has 7 heteroatoms. The molecule has 21 heavy (non-hydrogen) atoms. The first kappa shape index (κ1) is 15.1. The molecule has 0 saturated heterocycles. The molecule has 0 aliphatic rings. The maximum atomic E-state index is 13.5. The van der Waals surface area contributed by atoms with Crippen molar-refractivity contribution >= 4 is 27.4 Å². The first-order valence-electron chi connectivity index (χ1n) is 5.81. The summed E-state index contributed by atoms with van der Waals surface area (Å²) >= 11 is 3.25. The number of ketones is 1. The molecule has 0 bridgehead atoms. The Labute approximate surface area is 127 Å². The van der Waals surface area contributed by atoms with Gasteiger partial charge in [-0.3, -0.25) is 14.9 Å². The number of hydrogen-bond donors (Lipinski definition) is 0. The van der Waals surface area contributed by atoms with Gasteiger partial charge in [0.15, 0.2) is 5.78 Å². The summed E-state index contributed by atoms with van der Waals surface area (Å²) < 4.78 is 19.7. The van der Waals surface area contributed by atoms with Gasteiger partial charge in [0.2, 0.25) is 5.82 Å². The van der Waals surface area contributed by atoms with Gasteiger partial charge in [0.05, 0.1) is 10.5 Å². The second kappa shape index (κ2) is 6.01. The summed E-state index contributed by atoms with van der Waals surface area (Å²) in [6, 6.07) is 8.00. The smallest absolute Gasteiger partial charge is 0.305 e. The molecule has 0 N–H and O–H groups in total. The van der Waals surface area contributed by atoms with Crippen LogP contribution in [0, 0.1) is 15.9 Å². The van der Waals surface area contributed by atoms with Crippen molar-refractivity contribution in [1.29, 1.82) is 0 Å². The maximum absolute atomic E-state index is 13.5. The van der Waals surface area contributed by atoms with Gasteiger partial charge in [-0.15, -0.1) is 0 Å². The number of benzene rings is 2. The SMILES string of the molecule is CC(=O)c1ccc(Br)cc1Oc1ccc([N+](=O)[O-])c(F)c1. The molecule has 0 unspecified atom stereocenters. The predicted octanol–water partition coefficient (Wildman–Crippen LogP) is 4.49. The van der Waals surface area contributed by atoms with Crippen molar-refractivity contribution in [1.82, 2.24) is 0 Å². The van der Waals surface area contributed by atoms with Crippen LogP contribution in [0.5, 0.6) is 11.5 Å². The topological polar surface area (TPSA) is 69.4 Å². The Kier molecular flexibility index (Phi) is 4.32. The molecule has 2 aromatic rings. The minimum absolute atomic E-state index is 0.0682. The molecule has 0 fully saturated rings. The van der Waals surface area contributed by atoms with E-state index in [1.54, 1.807) is 18.2 Å². The van der Waals surface area contributed by atoms with Crippen LogP contribution in [0.15, 0.2) is 40.9 Å². The number of carbonyl (C=O) groups is 1. The van der Waals surface area contributed by atoms with Gasteiger partial charge in [-0.1, -0.05) is 15.9 Å². The van der Waals surface area contributed by atoms with E-state index >= 15 is 0 Å². The van der Waals surface area contributed by atoms with Crippen molar-refractivity contribution in [3.8, 4) is 11.5 Å². The highest BCUT2D eigenvalue weighted by atomic mass is 79.9. The van der Waals surface area contributed by atoms with Gasteiger partial charge in [-0.05, 0) is 31.2 Å². The van der Waals surface area contributed by atoms with Crippen molar-refractivity contribution in [2.45, 2.75) is 6.92 Å². The Balaban J connectivity index is 2.38. The number of hydrogen-bond acceptors (Lipinski definition) is 4. The second-order valence-corrected chi connectivity index (χ2v) is 5.08. The Hall–Kier alpha value is -2.28. The largest absolute Gasteiger partial charge is 0.456 e. The maximum Gasteiger partial charge on any atom is 0.305 e. The molecule has 108 valence electrons. The third-order valence-corrected chi connectivity index (χ3v) is 3.16. The first-order valence-corrected chi connectivity index (χ1v) is 6.60. The summed E-state index contributed by atoms with van der Waals surface area (Å²) in [4.78, 5) is 21.3. The quantitative estimate of drug-likeness (QED) is 0.461. The van der Waals surface area contributed by atoms with Crippen LogP contribution in [0.2, 0.25) is 0 Å². The van der Waals surface area contributed by atoms with Gasteiger partial charge in [-0.25, -0.2) is 0 Å². The number of nitrogens with zero attached hydrogens (tertiary/aromatic N) is 1. The van der Waals surface area contributed by atoms with Gasteiger partial charge < -0.3 is 4.74 Å². The molecule has 0 radical (unpaired) electrons. The molecule has 0 amide bonds. The molecule has 0 spiro atoms. The molecule has 2 rings (SSSR count).